The van der Waals surface area contributed by atoms with E-state index in [0.717, 1.165) is 41.7 Å². The molecule has 0 saturated heterocycles. The first-order chi connectivity index (χ1) is 17.0. The van der Waals surface area contributed by atoms with Gasteiger partial charge in [-0.25, -0.2) is 4.79 Å². The molecule has 2 heterocycles. The predicted octanol–water partition coefficient (Wildman–Crippen LogP) is 5.50. The average molecular weight is 492 g/mol. The lowest BCUT2D eigenvalue weighted by Gasteiger charge is -2.33. The number of hydrogen-bond donors (Lipinski definition) is 1. The Labute approximate surface area is 211 Å². The summed E-state index contributed by atoms with van der Waals surface area (Å²) in [7, 11) is 5.73. The molecule has 4 rings (SSSR count). The van der Waals surface area contributed by atoms with Crippen LogP contribution in [-0.4, -0.2) is 59.7 Å². The van der Waals surface area contributed by atoms with Crippen LogP contribution in [0, 0.1) is 0 Å². The van der Waals surface area contributed by atoms with Gasteiger partial charge in [0.05, 0.1) is 18.4 Å². The number of rotatable bonds is 7. The van der Waals surface area contributed by atoms with Crippen LogP contribution in [-0.2, 0) is 6.54 Å². The molecule has 0 saturated carbocycles. The molecule has 36 heavy (non-hydrogen) atoms. The lowest BCUT2D eigenvalue weighted by atomic mass is 10.0. The van der Waals surface area contributed by atoms with E-state index in [1.54, 1.807) is 31.4 Å². The second kappa shape index (κ2) is 9.70. The van der Waals surface area contributed by atoms with Crippen molar-refractivity contribution in [3.8, 4) is 11.5 Å². The second-order valence-corrected chi connectivity index (χ2v) is 10.2. The number of ketones is 1. The number of Topliss-reactive ketones (excluding diaryl/α,β-unsaturated/α-hetero) is 1. The van der Waals surface area contributed by atoms with Gasteiger partial charge < -0.3 is 24.0 Å². The van der Waals surface area contributed by atoms with Gasteiger partial charge >= 0.3 is 6.09 Å². The van der Waals surface area contributed by atoms with Crippen molar-refractivity contribution >= 4 is 34.5 Å². The number of ether oxygens (including phenoxy) is 2. The summed E-state index contributed by atoms with van der Waals surface area (Å²) in [5.41, 5.74) is 2.11. The van der Waals surface area contributed by atoms with Crippen LogP contribution in [0.5, 0.6) is 11.5 Å². The third kappa shape index (κ3) is 4.95. The summed E-state index contributed by atoms with van der Waals surface area (Å²) < 4.78 is 13.6. The molecule has 8 heteroatoms. The Morgan fingerprint density at radius 3 is 2.56 bits per heavy atom. The lowest BCUT2D eigenvalue weighted by Crippen LogP contribution is -2.45. The van der Waals surface area contributed by atoms with Gasteiger partial charge in [0.1, 0.15) is 11.5 Å². The van der Waals surface area contributed by atoms with Crippen LogP contribution in [0.1, 0.15) is 43.1 Å². The van der Waals surface area contributed by atoms with E-state index in [1.165, 1.54) is 4.90 Å². The predicted molar refractivity (Wildman–Crippen MR) is 141 cm³/mol. The zero-order valence-corrected chi connectivity index (χ0v) is 21.7. The fourth-order valence-electron chi connectivity index (χ4n) is 4.53. The second-order valence-electron chi connectivity index (χ2n) is 10.2. The van der Waals surface area contributed by atoms with Crippen molar-refractivity contribution in [2.24, 2.45) is 0 Å². The first kappa shape index (κ1) is 25.3. The Hall–Kier alpha value is -3.78. The van der Waals surface area contributed by atoms with Crippen LogP contribution in [0.3, 0.4) is 0 Å². The van der Waals surface area contributed by atoms with Crippen molar-refractivity contribution in [2.45, 2.75) is 39.3 Å². The van der Waals surface area contributed by atoms with Gasteiger partial charge in [0.25, 0.3) is 0 Å². The van der Waals surface area contributed by atoms with Crippen molar-refractivity contribution in [2.75, 3.05) is 32.6 Å². The number of amides is 1. The number of methoxy groups -OCH3 is 1. The number of nitrogens with zero attached hydrogens (tertiary/aromatic N) is 3. The normalized spacial score (nSPS) is 14.4. The Balaban J connectivity index is 1.71. The monoisotopic (exact) mass is 491 g/mol. The van der Waals surface area contributed by atoms with Gasteiger partial charge in [-0.15, -0.1) is 0 Å². The number of carbonyl (C=O) groups excluding carboxylic acids is 1. The molecular formula is C28H33N3O5. The Morgan fingerprint density at radius 2 is 1.92 bits per heavy atom. The van der Waals surface area contributed by atoms with E-state index >= 15 is 0 Å². The summed E-state index contributed by atoms with van der Waals surface area (Å²) in [4.78, 5) is 28.5. The maximum Gasteiger partial charge on any atom is 0.412 e. The van der Waals surface area contributed by atoms with Gasteiger partial charge in [0, 0.05) is 40.8 Å². The first-order valence-corrected chi connectivity index (χ1v) is 11.9. The van der Waals surface area contributed by atoms with E-state index in [4.69, 9.17) is 9.47 Å². The molecule has 3 aromatic rings. The number of aryl methyl sites for hydroxylation is 1. The number of carbonyl (C=O) groups is 2. The van der Waals surface area contributed by atoms with E-state index in [-0.39, 0.29) is 11.5 Å². The third-order valence-corrected chi connectivity index (χ3v) is 6.18. The fourth-order valence-corrected chi connectivity index (χ4v) is 4.53. The minimum atomic E-state index is -1.07. The molecule has 190 valence electrons. The molecule has 0 bridgehead atoms. The fraction of sp³-hybridized carbons (Fsp3) is 0.357. The average Bonchev–Trinajstić information content (AvgIpc) is 3.29. The highest BCUT2D eigenvalue weighted by molar-refractivity contribution is 6.15. The van der Waals surface area contributed by atoms with E-state index in [1.807, 2.05) is 45.2 Å². The van der Waals surface area contributed by atoms with Crippen molar-refractivity contribution in [3.63, 3.8) is 0 Å². The van der Waals surface area contributed by atoms with E-state index in [2.05, 4.69) is 23.6 Å². The number of anilines is 1. The van der Waals surface area contributed by atoms with Gasteiger partial charge in [0.2, 0.25) is 5.78 Å². The molecular weight excluding hydrogens is 458 g/mol. The molecule has 0 unspecified atom stereocenters. The van der Waals surface area contributed by atoms with Crippen molar-refractivity contribution < 1.29 is 24.2 Å². The third-order valence-electron chi connectivity index (χ3n) is 6.18. The highest BCUT2D eigenvalue weighted by Crippen LogP contribution is 2.38. The summed E-state index contributed by atoms with van der Waals surface area (Å²) in [5, 5.41) is 10.7. The minimum Gasteiger partial charge on any atom is -0.497 e. The number of aromatic nitrogens is 1. The molecule has 1 aromatic heterocycles. The molecule has 8 nitrogen and oxygen atoms in total. The molecule has 0 atom stereocenters. The molecule has 1 amide bonds. The summed E-state index contributed by atoms with van der Waals surface area (Å²) >= 11 is 0. The van der Waals surface area contributed by atoms with E-state index in [0.29, 0.717) is 17.0 Å². The van der Waals surface area contributed by atoms with Gasteiger partial charge in [-0.1, -0.05) is 0 Å². The number of allylic oxidation sites excluding steroid dienone is 1. The molecule has 0 fully saturated rings. The molecule has 0 radical (unpaired) electrons. The van der Waals surface area contributed by atoms with Crippen molar-refractivity contribution in [3.05, 3.63) is 59.5 Å². The highest BCUT2D eigenvalue weighted by atomic mass is 16.5. The topological polar surface area (TPSA) is 84.2 Å². The Bertz CT molecular complexity index is 1350. The van der Waals surface area contributed by atoms with Gasteiger partial charge in [-0.2, -0.15) is 0 Å². The summed E-state index contributed by atoms with van der Waals surface area (Å²) in [6.07, 6.45) is 3.70. The van der Waals surface area contributed by atoms with Gasteiger partial charge in [-0.05, 0) is 84.2 Å². The van der Waals surface area contributed by atoms with Crippen LogP contribution < -0.4 is 14.4 Å². The van der Waals surface area contributed by atoms with Crippen LogP contribution in [0.2, 0.25) is 0 Å². The molecule has 1 aliphatic rings. The van der Waals surface area contributed by atoms with Crippen LogP contribution in [0.15, 0.2) is 48.4 Å². The summed E-state index contributed by atoms with van der Waals surface area (Å²) in [6, 6.07) is 10.8. The van der Waals surface area contributed by atoms with Crippen LogP contribution >= 0.6 is 0 Å². The number of carboxylic acid groups (broad SMARTS) is 1. The maximum absolute atomic E-state index is 13.2. The lowest BCUT2D eigenvalue weighted by molar-refractivity contribution is 0.101. The summed E-state index contributed by atoms with van der Waals surface area (Å²) in [5.74, 6) is 1.06. The number of hydrogen-bond acceptors (Lipinski definition) is 5. The first-order valence-electron chi connectivity index (χ1n) is 11.9. The Kier molecular flexibility index (Phi) is 6.82. The van der Waals surface area contributed by atoms with E-state index in [9.17, 15) is 14.7 Å². The molecule has 1 N–H and O–H groups in total. The van der Waals surface area contributed by atoms with Crippen molar-refractivity contribution in [1.82, 2.24) is 9.47 Å². The van der Waals surface area contributed by atoms with Gasteiger partial charge in [0.15, 0.2) is 5.76 Å². The zero-order chi connectivity index (χ0) is 26.2. The standard InChI is InChI=1S/C28H33N3O5/c1-28(2,3)31(27(33)34)19-8-10-21-24(15-19)36-25(26(21)32)14-18-17-30(13-7-12-29(4)5)23-11-9-20(35-6)16-22(18)23/h8-11,14-17H,7,12-13H2,1-6H3,(H,33,34). The SMILES string of the molecule is COc1ccc2c(c1)c(C=C1Oc3cc(N(C(=O)O)C(C)(C)C)ccc3C1=O)cn2CCCN(C)C. The van der Waals surface area contributed by atoms with Crippen molar-refractivity contribution in [1.29, 1.82) is 0 Å². The van der Waals surface area contributed by atoms with Gasteiger partial charge in [-0.3, -0.25) is 9.69 Å². The minimum absolute atomic E-state index is 0.204. The Morgan fingerprint density at radius 1 is 1.17 bits per heavy atom. The highest BCUT2D eigenvalue weighted by Gasteiger charge is 2.32. The maximum atomic E-state index is 13.2. The molecule has 0 aliphatic carbocycles. The van der Waals surface area contributed by atoms with Crippen LogP contribution in [0.25, 0.3) is 17.0 Å². The number of benzene rings is 2. The largest absolute Gasteiger partial charge is 0.497 e. The zero-order valence-electron chi connectivity index (χ0n) is 21.7. The molecule has 2 aromatic carbocycles. The number of fused-ring (bicyclic) bond motifs is 2. The summed E-state index contributed by atoms with van der Waals surface area (Å²) in [6.45, 7) is 7.24. The quantitative estimate of drug-likeness (QED) is 0.439. The molecule has 0 spiro atoms. The van der Waals surface area contributed by atoms with E-state index < -0.39 is 11.6 Å². The van der Waals surface area contributed by atoms with Crippen LogP contribution in [0.4, 0.5) is 10.5 Å². The smallest absolute Gasteiger partial charge is 0.412 e. The molecule has 1 aliphatic heterocycles.